The fraction of sp³-hybridized carbons (Fsp3) is 0.800. The summed E-state index contributed by atoms with van der Waals surface area (Å²) in [5, 5.41) is 8.26. The molecule has 1 unspecified atom stereocenters. The minimum Gasteiger partial charge on any atom is -0.252 e. The molecule has 1 aromatic rings. The first-order valence-corrected chi connectivity index (χ1v) is 5.06. The van der Waals surface area contributed by atoms with E-state index in [1.165, 1.54) is 17.8 Å². The molecule has 1 atom stereocenters. The van der Waals surface area contributed by atoms with Crippen LogP contribution in [0.1, 0.15) is 31.7 Å². The van der Waals surface area contributed by atoms with Crippen LogP contribution < -0.4 is 0 Å². The summed E-state index contributed by atoms with van der Waals surface area (Å²) >= 11 is 0. The summed E-state index contributed by atoms with van der Waals surface area (Å²) in [6.45, 7) is 4.60. The lowest BCUT2D eigenvalue weighted by Gasteiger charge is -2.24. The molecule has 2 rings (SSSR count). The van der Waals surface area contributed by atoms with Crippen molar-refractivity contribution in [2.24, 2.45) is 18.9 Å². The molecule has 0 radical (unpaired) electrons. The van der Waals surface area contributed by atoms with Gasteiger partial charge in [-0.05, 0) is 31.1 Å². The molecular formula is C10H17N3. The molecule has 0 N–H and O–H groups in total. The average molecular weight is 179 g/mol. The van der Waals surface area contributed by atoms with E-state index >= 15 is 0 Å². The number of hydrogen-bond acceptors (Lipinski definition) is 2. The van der Waals surface area contributed by atoms with Crippen LogP contribution in [0.25, 0.3) is 0 Å². The molecule has 0 aliphatic heterocycles. The lowest BCUT2D eigenvalue weighted by atomic mass is 9.82. The summed E-state index contributed by atoms with van der Waals surface area (Å²) in [6.07, 6.45) is 3.58. The van der Waals surface area contributed by atoms with Crippen LogP contribution in [0.4, 0.5) is 0 Å². The van der Waals surface area contributed by atoms with Crippen LogP contribution in [-0.4, -0.2) is 15.0 Å². The molecule has 0 amide bonds. The van der Waals surface area contributed by atoms with Crippen molar-refractivity contribution in [1.82, 2.24) is 15.0 Å². The summed E-state index contributed by atoms with van der Waals surface area (Å²) in [5.74, 6) is 1.58. The lowest BCUT2D eigenvalue weighted by molar-refractivity contribution is 0.336. The van der Waals surface area contributed by atoms with E-state index in [0.717, 1.165) is 24.7 Å². The first-order chi connectivity index (χ1) is 6.18. The minimum absolute atomic E-state index is 0.773. The van der Waals surface area contributed by atoms with Crippen molar-refractivity contribution in [2.45, 2.75) is 33.1 Å². The van der Waals surface area contributed by atoms with Gasteiger partial charge >= 0.3 is 0 Å². The monoisotopic (exact) mass is 179 g/mol. The maximum absolute atomic E-state index is 4.20. The smallest absolute Gasteiger partial charge is 0.0861 e. The van der Waals surface area contributed by atoms with Crippen LogP contribution in [-0.2, 0) is 19.9 Å². The molecule has 72 valence electrons. The Balaban J connectivity index is 2.21. The lowest BCUT2D eigenvalue weighted by Crippen LogP contribution is -2.20. The van der Waals surface area contributed by atoms with Gasteiger partial charge in [0.2, 0.25) is 0 Å². The Morgan fingerprint density at radius 2 is 2.23 bits per heavy atom. The zero-order chi connectivity index (χ0) is 9.42. The van der Waals surface area contributed by atoms with Crippen molar-refractivity contribution in [1.29, 1.82) is 0 Å². The highest BCUT2D eigenvalue weighted by Gasteiger charge is 2.24. The van der Waals surface area contributed by atoms with E-state index < -0.39 is 0 Å². The molecule has 1 aromatic heterocycles. The van der Waals surface area contributed by atoms with E-state index in [1.807, 2.05) is 11.7 Å². The van der Waals surface area contributed by atoms with Crippen LogP contribution in [0.15, 0.2) is 0 Å². The molecule has 3 heteroatoms. The van der Waals surface area contributed by atoms with Gasteiger partial charge < -0.3 is 0 Å². The molecule has 1 aliphatic rings. The fourth-order valence-electron chi connectivity index (χ4n) is 2.13. The van der Waals surface area contributed by atoms with Crippen molar-refractivity contribution in [3.8, 4) is 0 Å². The van der Waals surface area contributed by atoms with Crippen molar-refractivity contribution in [2.75, 3.05) is 0 Å². The quantitative estimate of drug-likeness (QED) is 0.655. The summed E-state index contributed by atoms with van der Waals surface area (Å²) < 4.78 is 1.92. The highest BCUT2D eigenvalue weighted by Crippen LogP contribution is 2.28. The molecule has 0 saturated carbocycles. The van der Waals surface area contributed by atoms with Crippen LogP contribution in [0.3, 0.4) is 0 Å². The van der Waals surface area contributed by atoms with E-state index in [2.05, 4.69) is 24.2 Å². The molecule has 1 heterocycles. The summed E-state index contributed by atoms with van der Waals surface area (Å²) in [7, 11) is 1.99. The van der Waals surface area contributed by atoms with Crippen molar-refractivity contribution in [3.63, 3.8) is 0 Å². The SMILES string of the molecule is CC(C)C1CCc2c(nnn2C)C1. The Morgan fingerprint density at radius 1 is 1.46 bits per heavy atom. The predicted molar refractivity (Wildman–Crippen MR) is 51.4 cm³/mol. The predicted octanol–water partition coefficient (Wildman–Crippen LogP) is 1.58. The number of fused-ring (bicyclic) bond motifs is 1. The maximum atomic E-state index is 4.20. The van der Waals surface area contributed by atoms with Gasteiger partial charge in [-0.1, -0.05) is 19.1 Å². The van der Waals surface area contributed by atoms with Crippen molar-refractivity contribution in [3.05, 3.63) is 11.4 Å². The van der Waals surface area contributed by atoms with Crippen LogP contribution in [0.5, 0.6) is 0 Å². The number of rotatable bonds is 1. The normalized spacial score (nSPS) is 22.0. The van der Waals surface area contributed by atoms with Crippen LogP contribution in [0, 0.1) is 11.8 Å². The maximum Gasteiger partial charge on any atom is 0.0861 e. The summed E-state index contributed by atoms with van der Waals surface area (Å²) in [6, 6.07) is 0. The first-order valence-electron chi connectivity index (χ1n) is 5.06. The molecule has 3 nitrogen and oxygen atoms in total. The topological polar surface area (TPSA) is 30.7 Å². The Hall–Kier alpha value is -0.860. The molecule has 0 aromatic carbocycles. The zero-order valence-corrected chi connectivity index (χ0v) is 8.62. The van der Waals surface area contributed by atoms with Gasteiger partial charge in [-0.15, -0.1) is 5.10 Å². The molecule has 0 bridgehead atoms. The number of hydrogen-bond donors (Lipinski definition) is 0. The highest BCUT2D eigenvalue weighted by molar-refractivity contribution is 5.14. The second-order valence-corrected chi connectivity index (χ2v) is 4.35. The van der Waals surface area contributed by atoms with Gasteiger partial charge in [0.05, 0.1) is 11.4 Å². The third-order valence-corrected chi connectivity index (χ3v) is 3.17. The Morgan fingerprint density at radius 3 is 2.92 bits per heavy atom. The number of nitrogens with zero attached hydrogens (tertiary/aromatic N) is 3. The van der Waals surface area contributed by atoms with Crippen molar-refractivity contribution >= 4 is 0 Å². The van der Waals surface area contributed by atoms with Crippen molar-refractivity contribution < 1.29 is 0 Å². The Bertz CT molecular complexity index is 301. The Kier molecular flexibility index (Phi) is 2.10. The average Bonchev–Trinajstić information content (AvgIpc) is 2.47. The van der Waals surface area contributed by atoms with Gasteiger partial charge in [0.15, 0.2) is 0 Å². The van der Waals surface area contributed by atoms with Gasteiger partial charge in [-0.25, -0.2) is 0 Å². The number of aromatic nitrogens is 3. The minimum atomic E-state index is 0.773. The van der Waals surface area contributed by atoms with Gasteiger partial charge in [-0.3, -0.25) is 4.68 Å². The van der Waals surface area contributed by atoms with E-state index in [1.54, 1.807) is 0 Å². The second-order valence-electron chi connectivity index (χ2n) is 4.35. The molecule has 0 fully saturated rings. The summed E-state index contributed by atoms with van der Waals surface area (Å²) in [4.78, 5) is 0. The van der Waals surface area contributed by atoms with Crippen LogP contribution >= 0.6 is 0 Å². The van der Waals surface area contributed by atoms with E-state index in [-0.39, 0.29) is 0 Å². The van der Waals surface area contributed by atoms with E-state index in [0.29, 0.717) is 0 Å². The zero-order valence-electron chi connectivity index (χ0n) is 8.62. The van der Waals surface area contributed by atoms with Gasteiger partial charge in [0.1, 0.15) is 0 Å². The standard InChI is InChI=1S/C10H17N3/c1-7(2)8-4-5-10-9(6-8)11-12-13(10)3/h7-8H,4-6H2,1-3H3. The van der Waals surface area contributed by atoms with Gasteiger partial charge in [0.25, 0.3) is 0 Å². The molecule has 13 heavy (non-hydrogen) atoms. The summed E-state index contributed by atoms with van der Waals surface area (Å²) in [5.41, 5.74) is 2.57. The molecule has 1 aliphatic carbocycles. The largest absolute Gasteiger partial charge is 0.252 e. The van der Waals surface area contributed by atoms with E-state index in [9.17, 15) is 0 Å². The van der Waals surface area contributed by atoms with Gasteiger partial charge in [-0.2, -0.15) is 0 Å². The fourth-order valence-corrected chi connectivity index (χ4v) is 2.13. The third kappa shape index (κ3) is 1.47. The first kappa shape index (κ1) is 8.73. The van der Waals surface area contributed by atoms with Gasteiger partial charge in [0, 0.05) is 7.05 Å². The molecular weight excluding hydrogens is 162 g/mol. The third-order valence-electron chi connectivity index (χ3n) is 3.17. The second kappa shape index (κ2) is 3.13. The van der Waals surface area contributed by atoms with Crippen LogP contribution in [0.2, 0.25) is 0 Å². The van der Waals surface area contributed by atoms with E-state index in [4.69, 9.17) is 0 Å². The molecule has 0 saturated heterocycles. The highest BCUT2D eigenvalue weighted by atomic mass is 15.4. The Labute approximate surface area is 79.1 Å². The molecule has 0 spiro atoms. The number of aryl methyl sites for hydroxylation is 1.